The second-order valence-electron chi connectivity index (χ2n) is 5.28. The van der Waals surface area contributed by atoms with Gasteiger partial charge in [0, 0.05) is 25.0 Å². The maximum absolute atomic E-state index is 5.37. The van der Waals surface area contributed by atoms with Crippen LogP contribution in [-0.2, 0) is 4.74 Å². The zero-order valence-corrected chi connectivity index (χ0v) is 12.5. The summed E-state index contributed by atoms with van der Waals surface area (Å²) in [6.07, 6.45) is 1.80. The highest BCUT2D eigenvalue weighted by Crippen LogP contribution is 2.21. The minimum Gasteiger partial charge on any atom is -0.378 e. The van der Waals surface area contributed by atoms with Gasteiger partial charge < -0.3 is 15.0 Å². The summed E-state index contributed by atoms with van der Waals surface area (Å²) in [6.45, 7) is 7.43. The van der Waals surface area contributed by atoms with Crippen LogP contribution in [0.1, 0.15) is 11.1 Å². The van der Waals surface area contributed by atoms with Crippen LogP contribution in [0.2, 0.25) is 0 Å². The van der Waals surface area contributed by atoms with Crippen LogP contribution in [0.4, 0.5) is 17.5 Å². The number of aryl methyl sites for hydroxylation is 2. The lowest BCUT2D eigenvalue weighted by molar-refractivity contribution is 0.122. The molecular weight excluding hydrogens is 264 g/mol. The van der Waals surface area contributed by atoms with E-state index >= 15 is 0 Å². The lowest BCUT2D eigenvalue weighted by Gasteiger charge is -2.27. The van der Waals surface area contributed by atoms with Gasteiger partial charge in [0.2, 0.25) is 5.95 Å². The fraction of sp³-hybridized carbons (Fsp3) is 0.375. The Morgan fingerprint density at radius 2 is 1.95 bits per heavy atom. The van der Waals surface area contributed by atoms with Gasteiger partial charge in [0.15, 0.2) is 0 Å². The number of morpholine rings is 1. The summed E-state index contributed by atoms with van der Waals surface area (Å²) in [7, 11) is 0. The van der Waals surface area contributed by atoms with Crippen LogP contribution >= 0.6 is 0 Å². The van der Waals surface area contributed by atoms with Crippen molar-refractivity contribution in [1.29, 1.82) is 0 Å². The van der Waals surface area contributed by atoms with Crippen molar-refractivity contribution in [2.75, 3.05) is 36.5 Å². The summed E-state index contributed by atoms with van der Waals surface area (Å²) in [5, 5.41) is 3.30. The number of hydrogen-bond acceptors (Lipinski definition) is 5. The average molecular weight is 284 g/mol. The van der Waals surface area contributed by atoms with Gasteiger partial charge in [0.1, 0.15) is 5.82 Å². The SMILES string of the molecule is Cc1ccc(Nc2nccc(N3CCOCC3)n2)c(C)c1. The van der Waals surface area contributed by atoms with E-state index in [-0.39, 0.29) is 0 Å². The normalized spacial score (nSPS) is 15.0. The number of hydrogen-bond donors (Lipinski definition) is 1. The first-order valence-electron chi connectivity index (χ1n) is 7.22. The molecule has 0 bridgehead atoms. The third-order valence-corrected chi connectivity index (χ3v) is 3.60. The van der Waals surface area contributed by atoms with Crippen LogP contribution in [0.15, 0.2) is 30.5 Å². The first-order chi connectivity index (χ1) is 10.2. The molecule has 2 heterocycles. The van der Waals surface area contributed by atoms with E-state index in [0.717, 1.165) is 37.8 Å². The standard InChI is InChI=1S/C16H20N4O/c1-12-3-4-14(13(2)11-12)18-16-17-6-5-15(19-16)20-7-9-21-10-8-20/h3-6,11H,7-10H2,1-2H3,(H,17,18,19). The van der Waals surface area contributed by atoms with E-state index in [9.17, 15) is 0 Å². The number of ether oxygens (including phenoxy) is 1. The summed E-state index contributed by atoms with van der Waals surface area (Å²) < 4.78 is 5.37. The summed E-state index contributed by atoms with van der Waals surface area (Å²) in [5.74, 6) is 1.58. The lowest BCUT2D eigenvalue weighted by Crippen LogP contribution is -2.36. The monoisotopic (exact) mass is 284 g/mol. The second-order valence-corrected chi connectivity index (χ2v) is 5.28. The van der Waals surface area contributed by atoms with Gasteiger partial charge in [-0.2, -0.15) is 4.98 Å². The van der Waals surface area contributed by atoms with E-state index in [4.69, 9.17) is 4.74 Å². The molecule has 0 radical (unpaired) electrons. The van der Waals surface area contributed by atoms with Crippen molar-refractivity contribution in [3.63, 3.8) is 0 Å². The third kappa shape index (κ3) is 3.31. The van der Waals surface area contributed by atoms with Gasteiger partial charge in [0.05, 0.1) is 13.2 Å². The first kappa shape index (κ1) is 13.8. The topological polar surface area (TPSA) is 50.3 Å². The fourth-order valence-electron chi connectivity index (χ4n) is 2.45. The Morgan fingerprint density at radius 3 is 2.71 bits per heavy atom. The molecule has 110 valence electrons. The largest absolute Gasteiger partial charge is 0.378 e. The van der Waals surface area contributed by atoms with Crippen LogP contribution < -0.4 is 10.2 Å². The molecule has 2 aromatic rings. The highest BCUT2D eigenvalue weighted by molar-refractivity contribution is 5.59. The maximum Gasteiger partial charge on any atom is 0.229 e. The summed E-state index contributed by atoms with van der Waals surface area (Å²) in [4.78, 5) is 11.1. The molecule has 21 heavy (non-hydrogen) atoms. The molecule has 1 aromatic heterocycles. The van der Waals surface area contributed by atoms with Crippen molar-refractivity contribution in [3.05, 3.63) is 41.6 Å². The Morgan fingerprint density at radius 1 is 1.14 bits per heavy atom. The summed E-state index contributed by atoms with van der Waals surface area (Å²) >= 11 is 0. The molecule has 0 spiro atoms. The van der Waals surface area contributed by atoms with Gasteiger partial charge in [-0.15, -0.1) is 0 Å². The number of rotatable bonds is 3. The zero-order valence-electron chi connectivity index (χ0n) is 12.5. The Kier molecular flexibility index (Phi) is 4.01. The number of aromatic nitrogens is 2. The van der Waals surface area contributed by atoms with Gasteiger partial charge in [-0.25, -0.2) is 4.98 Å². The molecule has 1 N–H and O–H groups in total. The quantitative estimate of drug-likeness (QED) is 0.939. The van der Waals surface area contributed by atoms with Gasteiger partial charge in [-0.05, 0) is 31.5 Å². The Balaban J connectivity index is 1.79. The van der Waals surface area contributed by atoms with E-state index in [1.807, 2.05) is 6.07 Å². The van der Waals surface area contributed by atoms with E-state index in [1.165, 1.54) is 11.1 Å². The van der Waals surface area contributed by atoms with Crippen molar-refractivity contribution in [1.82, 2.24) is 9.97 Å². The number of nitrogens with zero attached hydrogens (tertiary/aromatic N) is 3. The van der Waals surface area contributed by atoms with E-state index in [0.29, 0.717) is 5.95 Å². The molecule has 1 aliphatic rings. The summed E-state index contributed by atoms with van der Waals surface area (Å²) in [5.41, 5.74) is 3.48. The molecule has 5 heteroatoms. The molecule has 0 saturated carbocycles. The predicted octanol–water partition coefficient (Wildman–Crippen LogP) is 2.67. The molecule has 0 unspecified atom stereocenters. The minimum absolute atomic E-state index is 0.631. The van der Waals surface area contributed by atoms with Crippen LogP contribution in [0.5, 0.6) is 0 Å². The molecule has 1 saturated heterocycles. The molecule has 1 aromatic carbocycles. The Hall–Kier alpha value is -2.14. The van der Waals surface area contributed by atoms with E-state index < -0.39 is 0 Å². The van der Waals surface area contributed by atoms with Gasteiger partial charge >= 0.3 is 0 Å². The van der Waals surface area contributed by atoms with E-state index in [2.05, 4.69) is 52.2 Å². The Labute approximate surface area is 125 Å². The molecule has 0 amide bonds. The highest BCUT2D eigenvalue weighted by Gasteiger charge is 2.13. The van der Waals surface area contributed by atoms with Gasteiger partial charge in [-0.3, -0.25) is 0 Å². The van der Waals surface area contributed by atoms with Crippen molar-refractivity contribution < 1.29 is 4.74 Å². The van der Waals surface area contributed by atoms with Crippen LogP contribution in [0.3, 0.4) is 0 Å². The number of nitrogens with one attached hydrogen (secondary N) is 1. The molecular formula is C16H20N4O. The van der Waals surface area contributed by atoms with E-state index in [1.54, 1.807) is 6.20 Å². The van der Waals surface area contributed by atoms with Crippen molar-refractivity contribution in [3.8, 4) is 0 Å². The first-order valence-corrected chi connectivity index (χ1v) is 7.22. The lowest BCUT2D eigenvalue weighted by atomic mass is 10.1. The van der Waals surface area contributed by atoms with Crippen LogP contribution in [0.25, 0.3) is 0 Å². The van der Waals surface area contributed by atoms with Gasteiger partial charge in [-0.1, -0.05) is 17.7 Å². The highest BCUT2D eigenvalue weighted by atomic mass is 16.5. The molecule has 3 rings (SSSR count). The van der Waals surface area contributed by atoms with Gasteiger partial charge in [0.25, 0.3) is 0 Å². The average Bonchev–Trinajstić information content (AvgIpc) is 2.51. The molecule has 5 nitrogen and oxygen atoms in total. The Bertz CT molecular complexity index is 623. The van der Waals surface area contributed by atoms with Crippen LogP contribution in [-0.4, -0.2) is 36.3 Å². The zero-order chi connectivity index (χ0) is 14.7. The third-order valence-electron chi connectivity index (χ3n) is 3.60. The molecule has 0 atom stereocenters. The van der Waals surface area contributed by atoms with Crippen LogP contribution in [0, 0.1) is 13.8 Å². The fourth-order valence-corrected chi connectivity index (χ4v) is 2.45. The second kappa shape index (κ2) is 6.10. The van der Waals surface area contributed by atoms with Crippen molar-refractivity contribution in [2.45, 2.75) is 13.8 Å². The maximum atomic E-state index is 5.37. The van der Waals surface area contributed by atoms with Crippen molar-refractivity contribution >= 4 is 17.5 Å². The summed E-state index contributed by atoms with van der Waals surface area (Å²) in [6, 6.07) is 8.24. The molecule has 1 aliphatic heterocycles. The predicted molar refractivity (Wildman–Crippen MR) is 84.3 cm³/mol. The minimum atomic E-state index is 0.631. The van der Waals surface area contributed by atoms with Crippen molar-refractivity contribution in [2.24, 2.45) is 0 Å². The number of benzene rings is 1. The molecule has 0 aliphatic carbocycles. The molecule has 1 fully saturated rings. The smallest absolute Gasteiger partial charge is 0.229 e. The number of anilines is 3.